The molecular weight excluding hydrogens is 268 g/mol. The van der Waals surface area contributed by atoms with E-state index in [1.54, 1.807) is 6.92 Å². The molecule has 114 valence electrons. The van der Waals surface area contributed by atoms with Gasteiger partial charge in [-0.3, -0.25) is 4.79 Å². The second-order valence-electron chi connectivity index (χ2n) is 5.87. The zero-order valence-electron chi connectivity index (χ0n) is 12.5. The predicted molar refractivity (Wildman–Crippen MR) is 81.4 cm³/mol. The van der Waals surface area contributed by atoms with Crippen molar-refractivity contribution in [2.45, 2.75) is 45.6 Å². The van der Waals surface area contributed by atoms with Gasteiger partial charge in [-0.05, 0) is 62.8 Å². The molecule has 0 bridgehead atoms. The Balaban J connectivity index is 2.12. The van der Waals surface area contributed by atoms with Crippen LogP contribution in [-0.2, 0) is 4.79 Å². The largest absolute Gasteiger partial charge is 0.478 e. The van der Waals surface area contributed by atoms with Crippen molar-refractivity contribution in [3.05, 3.63) is 28.8 Å². The van der Waals surface area contributed by atoms with Gasteiger partial charge in [0.05, 0.1) is 5.56 Å². The van der Waals surface area contributed by atoms with Crippen LogP contribution in [0.1, 0.15) is 47.2 Å². The SMILES string of the molecule is Cc1cc(NC(=O)C2CCC(N)CC2)cc(C(=O)O)c1C. The number of carbonyl (C=O) groups is 2. The number of amides is 1. The number of anilines is 1. The molecule has 0 heterocycles. The molecule has 21 heavy (non-hydrogen) atoms. The number of rotatable bonds is 3. The molecule has 1 aromatic carbocycles. The minimum absolute atomic E-state index is 0.0281. The lowest BCUT2D eigenvalue weighted by atomic mass is 9.86. The average molecular weight is 290 g/mol. The number of carboxylic acids is 1. The van der Waals surface area contributed by atoms with Crippen LogP contribution >= 0.6 is 0 Å². The van der Waals surface area contributed by atoms with Crippen LogP contribution in [0.25, 0.3) is 0 Å². The molecule has 0 aliphatic heterocycles. The van der Waals surface area contributed by atoms with Gasteiger partial charge in [-0.1, -0.05) is 0 Å². The molecule has 0 unspecified atom stereocenters. The number of hydrogen-bond donors (Lipinski definition) is 3. The van der Waals surface area contributed by atoms with Gasteiger partial charge in [0.1, 0.15) is 0 Å². The van der Waals surface area contributed by atoms with E-state index in [9.17, 15) is 14.7 Å². The molecule has 1 fully saturated rings. The van der Waals surface area contributed by atoms with Crippen LogP contribution in [0.3, 0.4) is 0 Å². The predicted octanol–water partition coefficient (Wildman–Crippen LogP) is 2.46. The first-order valence-electron chi connectivity index (χ1n) is 7.29. The summed E-state index contributed by atoms with van der Waals surface area (Å²) in [6.07, 6.45) is 3.32. The Hall–Kier alpha value is -1.88. The van der Waals surface area contributed by atoms with Crippen LogP contribution in [-0.4, -0.2) is 23.0 Å². The number of benzene rings is 1. The molecule has 0 radical (unpaired) electrons. The molecule has 2 rings (SSSR count). The minimum atomic E-state index is -0.977. The van der Waals surface area contributed by atoms with Crippen LogP contribution in [0.15, 0.2) is 12.1 Å². The van der Waals surface area contributed by atoms with Crippen LogP contribution in [0.2, 0.25) is 0 Å². The van der Waals surface area contributed by atoms with Gasteiger partial charge in [-0.25, -0.2) is 4.79 Å². The summed E-state index contributed by atoms with van der Waals surface area (Å²) in [5.74, 6) is -1.04. The van der Waals surface area contributed by atoms with Gasteiger partial charge in [0, 0.05) is 17.6 Å². The van der Waals surface area contributed by atoms with Gasteiger partial charge in [0.25, 0.3) is 0 Å². The lowest BCUT2D eigenvalue weighted by Gasteiger charge is -2.25. The van der Waals surface area contributed by atoms with E-state index >= 15 is 0 Å². The van der Waals surface area contributed by atoms with Crippen molar-refractivity contribution in [2.75, 3.05) is 5.32 Å². The second-order valence-corrected chi connectivity index (χ2v) is 5.87. The Morgan fingerprint density at radius 3 is 2.38 bits per heavy atom. The highest BCUT2D eigenvalue weighted by atomic mass is 16.4. The Morgan fingerprint density at radius 2 is 1.81 bits per heavy atom. The number of carbonyl (C=O) groups excluding carboxylic acids is 1. The summed E-state index contributed by atoms with van der Waals surface area (Å²) in [7, 11) is 0. The molecule has 0 saturated heterocycles. The maximum absolute atomic E-state index is 12.3. The summed E-state index contributed by atoms with van der Waals surface area (Å²) in [6.45, 7) is 3.62. The van der Waals surface area contributed by atoms with Crippen LogP contribution in [0.4, 0.5) is 5.69 Å². The normalized spacial score (nSPS) is 21.9. The summed E-state index contributed by atoms with van der Waals surface area (Å²) in [5.41, 5.74) is 8.21. The van der Waals surface area contributed by atoms with E-state index in [2.05, 4.69) is 5.32 Å². The Labute approximate surface area is 124 Å². The van der Waals surface area contributed by atoms with Crippen molar-refractivity contribution in [1.29, 1.82) is 0 Å². The van der Waals surface area contributed by atoms with Gasteiger partial charge in [0.15, 0.2) is 0 Å². The fourth-order valence-electron chi connectivity index (χ4n) is 2.78. The molecular formula is C16H22N2O3. The summed E-state index contributed by atoms with van der Waals surface area (Å²) in [5, 5.41) is 12.0. The first-order chi connectivity index (χ1) is 9.88. The van der Waals surface area contributed by atoms with E-state index < -0.39 is 5.97 Å². The third kappa shape index (κ3) is 3.61. The van der Waals surface area contributed by atoms with Gasteiger partial charge in [-0.2, -0.15) is 0 Å². The maximum Gasteiger partial charge on any atom is 0.336 e. The lowest BCUT2D eigenvalue weighted by molar-refractivity contribution is -0.120. The lowest BCUT2D eigenvalue weighted by Crippen LogP contribution is -2.32. The van der Waals surface area contributed by atoms with E-state index in [1.165, 1.54) is 6.07 Å². The fraction of sp³-hybridized carbons (Fsp3) is 0.500. The standard InChI is InChI=1S/C16H22N2O3/c1-9-7-13(8-14(10(9)2)16(20)21)18-15(19)11-3-5-12(17)6-4-11/h7-8,11-12H,3-6,17H2,1-2H3,(H,18,19)(H,20,21). The zero-order chi connectivity index (χ0) is 15.6. The van der Waals surface area contributed by atoms with Gasteiger partial charge in [0.2, 0.25) is 5.91 Å². The zero-order valence-corrected chi connectivity index (χ0v) is 12.5. The van der Waals surface area contributed by atoms with Crippen molar-refractivity contribution in [3.8, 4) is 0 Å². The highest BCUT2D eigenvalue weighted by molar-refractivity contribution is 5.96. The van der Waals surface area contributed by atoms with Crippen molar-refractivity contribution < 1.29 is 14.7 Å². The molecule has 0 atom stereocenters. The molecule has 1 amide bonds. The van der Waals surface area contributed by atoms with E-state index in [-0.39, 0.29) is 23.4 Å². The first-order valence-corrected chi connectivity index (χ1v) is 7.29. The minimum Gasteiger partial charge on any atom is -0.478 e. The molecule has 1 aromatic rings. The fourth-order valence-corrected chi connectivity index (χ4v) is 2.78. The molecule has 5 nitrogen and oxygen atoms in total. The van der Waals surface area contributed by atoms with Crippen LogP contribution in [0.5, 0.6) is 0 Å². The Morgan fingerprint density at radius 1 is 1.19 bits per heavy atom. The van der Waals surface area contributed by atoms with E-state index in [4.69, 9.17) is 5.73 Å². The third-order valence-electron chi connectivity index (χ3n) is 4.31. The van der Waals surface area contributed by atoms with Crippen molar-refractivity contribution in [1.82, 2.24) is 0 Å². The summed E-state index contributed by atoms with van der Waals surface area (Å²) in [4.78, 5) is 23.5. The Bertz CT molecular complexity index is 561. The molecule has 1 aliphatic carbocycles. The van der Waals surface area contributed by atoms with Crippen molar-refractivity contribution in [3.63, 3.8) is 0 Å². The molecule has 5 heteroatoms. The van der Waals surface area contributed by atoms with E-state index in [0.29, 0.717) is 5.69 Å². The second kappa shape index (κ2) is 6.26. The number of nitrogens with one attached hydrogen (secondary N) is 1. The van der Waals surface area contributed by atoms with E-state index in [0.717, 1.165) is 36.8 Å². The topological polar surface area (TPSA) is 92.4 Å². The molecule has 1 aliphatic rings. The van der Waals surface area contributed by atoms with E-state index in [1.807, 2.05) is 13.0 Å². The molecule has 1 saturated carbocycles. The van der Waals surface area contributed by atoms with Crippen LogP contribution < -0.4 is 11.1 Å². The smallest absolute Gasteiger partial charge is 0.336 e. The molecule has 0 spiro atoms. The molecule has 0 aromatic heterocycles. The van der Waals surface area contributed by atoms with Crippen LogP contribution in [0, 0.1) is 19.8 Å². The number of aryl methyl sites for hydroxylation is 1. The maximum atomic E-state index is 12.3. The number of hydrogen-bond acceptors (Lipinski definition) is 3. The summed E-state index contributed by atoms with van der Waals surface area (Å²) in [6, 6.07) is 3.54. The Kier molecular flexibility index (Phi) is 4.63. The van der Waals surface area contributed by atoms with Crippen molar-refractivity contribution >= 4 is 17.6 Å². The first kappa shape index (κ1) is 15.5. The highest BCUT2D eigenvalue weighted by Gasteiger charge is 2.25. The van der Waals surface area contributed by atoms with Gasteiger partial charge < -0.3 is 16.2 Å². The van der Waals surface area contributed by atoms with Crippen molar-refractivity contribution in [2.24, 2.45) is 11.7 Å². The number of aromatic carboxylic acids is 1. The van der Waals surface area contributed by atoms with Gasteiger partial charge in [-0.15, -0.1) is 0 Å². The number of nitrogens with two attached hydrogens (primary N) is 1. The summed E-state index contributed by atoms with van der Waals surface area (Å²) >= 11 is 0. The highest BCUT2D eigenvalue weighted by Crippen LogP contribution is 2.26. The third-order valence-corrected chi connectivity index (χ3v) is 4.31. The average Bonchev–Trinajstić information content (AvgIpc) is 2.43. The van der Waals surface area contributed by atoms with Gasteiger partial charge >= 0.3 is 5.97 Å². The monoisotopic (exact) mass is 290 g/mol. The molecule has 4 N–H and O–H groups in total. The number of carboxylic acid groups (broad SMARTS) is 1. The summed E-state index contributed by atoms with van der Waals surface area (Å²) < 4.78 is 0. The quantitative estimate of drug-likeness (QED) is 0.797.